The number of unbranched alkanes of at least 4 members (excludes halogenated alkanes) is 1. The lowest BCUT2D eigenvalue weighted by molar-refractivity contribution is -0.125. The third kappa shape index (κ3) is 3.57. The van der Waals surface area contributed by atoms with E-state index in [1.807, 2.05) is 0 Å². The van der Waals surface area contributed by atoms with E-state index in [2.05, 4.69) is 5.32 Å². The lowest BCUT2D eigenvalue weighted by atomic mass is 10.0. The minimum absolute atomic E-state index is 0.112. The predicted molar refractivity (Wildman–Crippen MR) is 55.7 cm³/mol. The molecule has 0 aliphatic carbocycles. The Bertz CT molecular complexity index is 275. The second kappa shape index (κ2) is 5.41. The first kappa shape index (κ1) is 11.5. The third-order valence-corrected chi connectivity index (χ3v) is 2.86. The number of nitrogens with one attached hydrogen (secondary N) is 1. The van der Waals surface area contributed by atoms with E-state index in [1.54, 1.807) is 0 Å². The van der Waals surface area contributed by atoms with E-state index in [0.717, 1.165) is 25.9 Å². The highest BCUT2D eigenvalue weighted by Crippen LogP contribution is 2.17. The number of carbonyl (C=O) groups is 2. The second-order valence-electron chi connectivity index (χ2n) is 4.34. The van der Waals surface area contributed by atoms with Crippen molar-refractivity contribution in [3.63, 3.8) is 0 Å². The summed E-state index contributed by atoms with van der Waals surface area (Å²) in [6.07, 6.45) is 3.32. The van der Waals surface area contributed by atoms with Crippen LogP contribution in [0.4, 0.5) is 0 Å². The quantitative estimate of drug-likeness (QED) is 0.384. The van der Waals surface area contributed by atoms with Crippen molar-refractivity contribution in [3.05, 3.63) is 0 Å². The first-order valence-electron chi connectivity index (χ1n) is 5.79. The van der Waals surface area contributed by atoms with E-state index >= 15 is 0 Å². The molecule has 2 heterocycles. The molecule has 2 aliphatic rings. The van der Waals surface area contributed by atoms with Gasteiger partial charge in [0.25, 0.3) is 0 Å². The monoisotopic (exact) mass is 227 g/mol. The summed E-state index contributed by atoms with van der Waals surface area (Å²) in [6.45, 7) is 2.22. The van der Waals surface area contributed by atoms with Gasteiger partial charge in [0.2, 0.25) is 11.8 Å². The number of hydrogen-bond acceptors (Lipinski definition) is 4. The average molecular weight is 227 g/mol. The van der Waals surface area contributed by atoms with E-state index < -0.39 is 0 Å². The Morgan fingerprint density at radius 1 is 1.38 bits per heavy atom. The van der Waals surface area contributed by atoms with Crippen molar-refractivity contribution in [1.29, 1.82) is 0 Å². The van der Waals surface area contributed by atoms with Gasteiger partial charge in [0.15, 0.2) is 0 Å². The number of hydrogen-bond donors (Lipinski definition) is 1. The van der Waals surface area contributed by atoms with Gasteiger partial charge in [0.05, 0.1) is 13.2 Å². The van der Waals surface area contributed by atoms with Gasteiger partial charge < -0.3 is 9.47 Å². The fourth-order valence-electron chi connectivity index (χ4n) is 1.81. The molecule has 2 atom stereocenters. The average Bonchev–Trinajstić information content (AvgIpc) is 2.99. The summed E-state index contributed by atoms with van der Waals surface area (Å²) >= 11 is 0. The Morgan fingerprint density at radius 2 is 2.19 bits per heavy atom. The van der Waals surface area contributed by atoms with Crippen LogP contribution in [0.3, 0.4) is 0 Å². The molecular weight excluding hydrogens is 210 g/mol. The highest BCUT2D eigenvalue weighted by atomic mass is 16.6. The fourth-order valence-corrected chi connectivity index (χ4v) is 1.81. The highest BCUT2D eigenvalue weighted by molar-refractivity contribution is 6.03. The van der Waals surface area contributed by atoms with Gasteiger partial charge in [-0.1, -0.05) is 6.42 Å². The molecule has 1 N–H and O–H groups in total. The van der Waals surface area contributed by atoms with Crippen LogP contribution in [0.2, 0.25) is 0 Å². The van der Waals surface area contributed by atoms with E-state index in [1.165, 1.54) is 0 Å². The van der Waals surface area contributed by atoms with E-state index in [4.69, 9.17) is 9.47 Å². The van der Waals surface area contributed by atoms with Crippen LogP contribution in [0.1, 0.15) is 25.7 Å². The van der Waals surface area contributed by atoms with Crippen molar-refractivity contribution >= 4 is 11.8 Å². The molecule has 0 aromatic rings. The molecule has 2 fully saturated rings. The first-order valence-corrected chi connectivity index (χ1v) is 5.79. The Balaban J connectivity index is 1.47. The van der Waals surface area contributed by atoms with E-state index in [0.29, 0.717) is 25.7 Å². The molecule has 2 rings (SSSR count). The van der Waals surface area contributed by atoms with Crippen LogP contribution >= 0.6 is 0 Å². The maximum Gasteiger partial charge on any atom is 0.230 e. The molecule has 16 heavy (non-hydrogen) atoms. The molecule has 2 aliphatic heterocycles. The van der Waals surface area contributed by atoms with Crippen molar-refractivity contribution in [2.75, 3.05) is 19.8 Å². The molecule has 2 saturated heterocycles. The molecule has 5 heteroatoms. The topological polar surface area (TPSA) is 67.9 Å². The lowest BCUT2D eigenvalue weighted by Gasteiger charge is -2.05. The SMILES string of the molecule is O=C1CC(CCCCOCC2CO2)C(=O)N1. The van der Waals surface area contributed by atoms with Crippen molar-refractivity contribution < 1.29 is 19.1 Å². The molecule has 90 valence electrons. The minimum Gasteiger partial charge on any atom is -0.379 e. The summed E-state index contributed by atoms with van der Waals surface area (Å²) in [6, 6.07) is 0. The van der Waals surface area contributed by atoms with Gasteiger partial charge in [-0.25, -0.2) is 0 Å². The molecule has 2 unspecified atom stereocenters. The molecule has 0 radical (unpaired) electrons. The van der Waals surface area contributed by atoms with Gasteiger partial charge >= 0.3 is 0 Å². The second-order valence-corrected chi connectivity index (χ2v) is 4.34. The smallest absolute Gasteiger partial charge is 0.230 e. The number of amides is 2. The fraction of sp³-hybridized carbons (Fsp3) is 0.818. The highest BCUT2D eigenvalue weighted by Gasteiger charge is 2.29. The summed E-state index contributed by atoms with van der Waals surface area (Å²) in [7, 11) is 0. The van der Waals surface area contributed by atoms with Crippen LogP contribution in [0.15, 0.2) is 0 Å². The van der Waals surface area contributed by atoms with Gasteiger partial charge in [-0.3, -0.25) is 14.9 Å². The Morgan fingerprint density at radius 3 is 2.81 bits per heavy atom. The number of imide groups is 1. The standard InChI is InChI=1S/C11H17NO4/c13-10-5-8(11(14)12-10)3-1-2-4-15-6-9-7-16-9/h8-9H,1-7H2,(H,12,13,14). The molecule has 0 bridgehead atoms. The molecule has 0 spiro atoms. The number of epoxide rings is 1. The first-order chi connectivity index (χ1) is 7.75. The molecule has 0 aromatic heterocycles. The van der Waals surface area contributed by atoms with Gasteiger partial charge in [-0.15, -0.1) is 0 Å². The predicted octanol–water partition coefficient (Wildman–Crippen LogP) is 0.235. The largest absolute Gasteiger partial charge is 0.379 e. The Kier molecular flexibility index (Phi) is 3.90. The maximum atomic E-state index is 11.2. The van der Waals surface area contributed by atoms with E-state index in [9.17, 15) is 9.59 Å². The summed E-state index contributed by atoms with van der Waals surface area (Å²) in [5, 5.41) is 2.32. The summed E-state index contributed by atoms with van der Waals surface area (Å²) < 4.78 is 10.4. The van der Waals surface area contributed by atoms with Gasteiger partial charge in [-0.05, 0) is 12.8 Å². The Labute approximate surface area is 94.5 Å². The maximum absolute atomic E-state index is 11.2. The van der Waals surface area contributed by atoms with Crippen LogP contribution in [-0.4, -0.2) is 37.7 Å². The normalized spacial score (nSPS) is 28.2. The minimum atomic E-state index is -0.142. The zero-order chi connectivity index (χ0) is 11.4. The zero-order valence-electron chi connectivity index (χ0n) is 9.24. The van der Waals surface area contributed by atoms with Crippen molar-refractivity contribution in [2.45, 2.75) is 31.8 Å². The number of carbonyl (C=O) groups excluding carboxylic acids is 2. The van der Waals surface area contributed by atoms with Gasteiger partial charge in [-0.2, -0.15) is 0 Å². The summed E-state index contributed by atoms with van der Waals surface area (Å²) in [5.41, 5.74) is 0. The van der Waals surface area contributed by atoms with E-state index in [-0.39, 0.29) is 17.7 Å². The number of rotatable bonds is 7. The van der Waals surface area contributed by atoms with Gasteiger partial charge in [0.1, 0.15) is 6.10 Å². The van der Waals surface area contributed by atoms with Crippen molar-refractivity contribution in [1.82, 2.24) is 5.32 Å². The Hall–Kier alpha value is -0.940. The number of ether oxygens (including phenoxy) is 2. The summed E-state index contributed by atoms with van der Waals surface area (Å²) in [5.74, 6) is -0.367. The lowest BCUT2D eigenvalue weighted by Crippen LogP contribution is -2.22. The third-order valence-electron chi connectivity index (χ3n) is 2.86. The van der Waals surface area contributed by atoms with Crippen LogP contribution in [0.25, 0.3) is 0 Å². The molecular formula is C11H17NO4. The molecule has 0 saturated carbocycles. The molecule has 5 nitrogen and oxygen atoms in total. The van der Waals surface area contributed by atoms with Crippen LogP contribution in [-0.2, 0) is 19.1 Å². The zero-order valence-corrected chi connectivity index (χ0v) is 9.24. The van der Waals surface area contributed by atoms with Crippen LogP contribution in [0.5, 0.6) is 0 Å². The van der Waals surface area contributed by atoms with Crippen molar-refractivity contribution in [2.24, 2.45) is 5.92 Å². The van der Waals surface area contributed by atoms with Crippen LogP contribution < -0.4 is 5.32 Å². The summed E-state index contributed by atoms with van der Waals surface area (Å²) in [4.78, 5) is 22.1. The molecule has 2 amide bonds. The molecule has 0 aromatic carbocycles. The van der Waals surface area contributed by atoms with Gasteiger partial charge in [0, 0.05) is 18.9 Å². The van der Waals surface area contributed by atoms with Crippen molar-refractivity contribution in [3.8, 4) is 0 Å². The van der Waals surface area contributed by atoms with Crippen LogP contribution in [0, 0.1) is 5.92 Å².